The number of aromatic hydroxyl groups is 1. The van der Waals surface area contributed by atoms with Gasteiger partial charge in [-0.15, -0.1) is 6.42 Å². The van der Waals surface area contributed by atoms with E-state index in [1.54, 1.807) is 4.90 Å². The second-order valence-corrected chi connectivity index (χ2v) is 22.6. The maximum Gasteiger partial charge on any atom is 0.407 e. The molecule has 25 heteroatoms. The van der Waals surface area contributed by atoms with Crippen LogP contribution >= 0.6 is 0 Å². The van der Waals surface area contributed by atoms with Crippen LogP contribution in [0, 0.1) is 29.8 Å². The number of carbonyl (C=O) groups is 4. The van der Waals surface area contributed by atoms with Crippen molar-refractivity contribution in [3.8, 4) is 46.7 Å². The number of rotatable bonds is 13. The number of cyclic esters (lactones) is 1. The number of anilines is 2. The Morgan fingerprint density at radius 2 is 1.79 bits per heavy atom. The first-order chi connectivity index (χ1) is 41.3. The third kappa shape index (κ3) is 8.94. The summed E-state index contributed by atoms with van der Waals surface area (Å²) < 4.78 is 86.3. The predicted molar refractivity (Wildman–Crippen MR) is 301 cm³/mol. The summed E-state index contributed by atoms with van der Waals surface area (Å²) in [7, 11) is 0. The van der Waals surface area contributed by atoms with Crippen LogP contribution in [0.2, 0.25) is 0 Å². The van der Waals surface area contributed by atoms with Crippen LogP contribution < -0.4 is 26.2 Å². The minimum atomic E-state index is -2.16. The summed E-state index contributed by atoms with van der Waals surface area (Å²) in [6.07, 6.45) is 7.60. The molecule has 13 rings (SSSR count). The summed E-state index contributed by atoms with van der Waals surface area (Å²) in [6.45, 7) is 4.43. The average molecular weight is 1180 g/mol. The second kappa shape index (κ2) is 21.0. The lowest BCUT2D eigenvalue weighted by Crippen LogP contribution is -2.56. The molecule has 5 atom stereocenters. The number of phenolic OH excluding ortho intramolecular Hbond substituents is 1. The van der Waals surface area contributed by atoms with E-state index in [1.807, 2.05) is 4.90 Å². The number of ether oxygens (including phenoxy) is 4. The van der Waals surface area contributed by atoms with Crippen LogP contribution in [0.3, 0.4) is 0 Å². The number of aliphatic hydroxyl groups is 1. The van der Waals surface area contributed by atoms with E-state index in [0.29, 0.717) is 47.7 Å². The number of benzene rings is 3. The number of pyridine rings is 3. The molecule has 0 spiro atoms. The standard InChI is InChI=1S/C61H54F4N10O11/c1-4-35-43(63)10-7-30-13-34(77)14-37(49(30)35)52-50(65)53-38(19-67-52)54(71-58(70-53)85-28-60-11-6-12-73(60)21-31(62)18-60)72-22-32-8-9-33(23-72)75(32)55(79)29(3)26-84-59(82)68-20-48(78)86-61(5-2)42-16-47-51-39(24-74(47)56(80)41(42)27-83-57(61)81)40(25-76)36-15-45(66)44(64)17-46(36)69-51/h1,7,10,13-17,19,31-33,76-77H,3,5-6,8-9,11-12,18,20-28,66H2,2H3,(H,68,82)/t31-,32?,33?,60+,61+/m1/s1. The Bertz CT molecular complexity index is 4240. The van der Waals surface area contributed by atoms with E-state index in [2.05, 4.69) is 37.7 Å². The van der Waals surface area contributed by atoms with Gasteiger partial charge in [-0.05, 0) is 79.9 Å². The number of terminal acetylenes is 1. The number of alkyl carbamates (subject to hydrolysis) is 1. The molecule has 4 aromatic heterocycles. The van der Waals surface area contributed by atoms with Crippen molar-refractivity contribution < 1.29 is 65.9 Å². The zero-order chi connectivity index (χ0) is 60.2. The van der Waals surface area contributed by atoms with Crippen molar-refractivity contribution in [3.05, 3.63) is 116 Å². The van der Waals surface area contributed by atoms with Crippen LogP contribution in [0.4, 0.5) is 33.9 Å². The molecule has 7 aromatic rings. The minimum absolute atomic E-state index is 0.0141. The van der Waals surface area contributed by atoms with E-state index >= 15 is 8.78 Å². The van der Waals surface area contributed by atoms with E-state index in [1.165, 1.54) is 48.0 Å². The molecule has 2 bridgehead atoms. The van der Waals surface area contributed by atoms with Crippen LogP contribution in [-0.2, 0) is 54.0 Å². The fourth-order valence-corrected chi connectivity index (χ4v) is 13.7. The number of nitrogens with one attached hydrogen (secondary N) is 1. The maximum absolute atomic E-state index is 17.4. The van der Waals surface area contributed by atoms with Crippen LogP contribution in [0.15, 0.2) is 65.6 Å². The summed E-state index contributed by atoms with van der Waals surface area (Å²) in [6, 6.07) is 8.06. The highest BCUT2D eigenvalue weighted by Crippen LogP contribution is 2.45. The lowest BCUT2D eigenvalue weighted by molar-refractivity contribution is -0.188. The molecule has 0 radical (unpaired) electrons. The quantitative estimate of drug-likeness (QED) is 0.0254. The van der Waals surface area contributed by atoms with E-state index in [4.69, 9.17) is 36.1 Å². The van der Waals surface area contributed by atoms with Crippen LogP contribution in [0.25, 0.3) is 55.2 Å². The Kier molecular flexibility index (Phi) is 13.6. The number of hydrogen-bond acceptors (Lipinski definition) is 18. The fraction of sp³-hybridized carbons (Fsp3) is 0.361. The van der Waals surface area contributed by atoms with Gasteiger partial charge in [0.1, 0.15) is 66.9 Å². The zero-order valence-electron chi connectivity index (χ0n) is 46.2. The lowest BCUT2D eigenvalue weighted by atomic mass is 9.85. The number of phenols is 1. The molecule has 86 heavy (non-hydrogen) atoms. The molecule has 2 unspecified atom stereocenters. The Morgan fingerprint density at radius 3 is 2.55 bits per heavy atom. The fourth-order valence-electron chi connectivity index (χ4n) is 13.7. The zero-order valence-corrected chi connectivity index (χ0v) is 46.2. The molecule has 3 aromatic carbocycles. The number of halogens is 4. The van der Waals surface area contributed by atoms with Crippen molar-refractivity contribution in [2.24, 2.45) is 0 Å². The maximum atomic E-state index is 17.4. The summed E-state index contributed by atoms with van der Waals surface area (Å²) in [4.78, 5) is 92.8. The summed E-state index contributed by atoms with van der Waals surface area (Å²) in [5.41, 5.74) is 3.10. The highest BCUT2D eigenvalue weighted by molar-refractivity contribution is 6.03. The van der Waals surface area contributed by atoms with Gasteiger partial charge in [0.05, 0.1) is 69.9 Å². The Hall–Kier alpha value is -9.41. The van der Waals surface area contributed by atoms with Crippen molar-refractivity contribution in [3.63, 3.8) is 0 Å². The predicted octanol–water partition coefficient (Wildman–Crippen LogP) is 6.09. The van der Waals surface area contributed by atoms with Crippen LogP contribution in [0.1, 0.15) is 73.3 Å². The number of nitrogens with two attached hydrogens (primary N) is 1. The summed E-state index contributed by atoms with van der Waals surface area (Å²) in [5, 5.41) is 24.5. The third-order valence-corrected chi connectivity index (χ3v) is 17.7. The number of piperazine rings is 1. The molecule has 4 fully saturated rings. The van der Waals surface area contributed by atoms with Gasteiger partial charge in [0.2, 0.25) is 5.60 Å². The number of aliphatic hydroxyl groups excluding tert-OH is 1. The Labute approximate surface area is 486 Å². The van der Waals surface area contributed by atoms with Gasteiger partial charge in [0.25, 0.3) is 11.5 Å². The van der Waals surface area contributed by atoms with Gasteiger partial charge in [-0.2, -0.15) is 9.97 Å². The monoisotopic (exact) mass is 1180 g/mol. The normalized spacial score (nSPS) is 21.9. The molecule has 4 saturated heterocycles. The average Bonchev–Trinajstić information content (AvgIpc) is 1.47. The first-order valence-corrected chi connectivity index (χ1v) is 28.0. The van der Waals surface area contributed by atoms with Crippen molar-refractivity contribution >= 4 is 68.0 Å². The minimum Gasteiger partial charge on any atom is -0.508 e. The van der Waals surface area contributed by atoms with Gasteiger partial charge in [0, 0.05) is 71.4 Å². The van der Waals surface area contributed by atoms with Gasteiger partial charge in [-0.25, -0.2) is 32.1 Å². The molecule has 0 aliphatic carbocycles. The Morgan fingerprint density at radius 1 is 1.00 bits per heavy atom. The SMILES string of the molecule is C#Cc1c(F)ccc2cc(O)cc(-c3ncc4c(N5CC6CCC(C5)N6C(=O)C(=C)COC(=O)NCC(=O)O[C@]5(CC)C(=O)OCc6c5cc5n(c6=O)Cc6c-5nc5cc(F)c(N)cc5c6CO)nc(OC[C@@]56CCCN5C[C@H](F)C6)nc4c3F)c12. The number of nitrogen functional groups attached to an aromatic ring is 1. The highest BCUT2D eigenvalue weighted by Gasteiger charge is 2.52. The summed E-state index contributed by atoms with van der Waals surface area (Å²) in [5.74, 6) is -2.69. The molecule has 10 heterocycles. The largest absolute Gasteiger partial charge is 0.508 e. The van der Waals surface area contributed by atoms with E-state index in [-0.39, 0.29) is 136 Å². The first-order valence-electron chi connectivity index (χ1n) is 28.0. The molecule has 0 saturated carbocycles. The van der Waals surface area contributed by atoms with Gasteiger partial charge in [0.15, 0.2) is 5.82 Å². The second-order valence-electron chi connectivity index (χ2n) is 22.6. The van der Waals surface area contributed by atoms with Gasteiger partial charge in [-0.1, -0.05) is 25.5 Å². The number of alkyl halides is 1. The first kappa shape index (κ1) is 55.8. The van der Waals surface area contributed by atoms with E-state index in [0.717, 1.165) is 18.6 Å². The van der Waals surface area contributed by atoms with Crippen LogP contribution in [0.5, 0.6) is 11.8 Å². The molecular weight excluding hydrogens is 1120 g/mol. The molecular formula is C61H54F4N10O11. The number of amides is 2. The third-order valence-electron chi connectivity index (χ3n) is 17.7. The van der Waals surface area contributed by atoms with Gasteiger partial charge in [-0.3, -0.25) is 24.3 Å². The number of fused-ring (bicyclic) bond motifs is 10. The number of esters is 2. The number of aromatic nitrogens is 5. The smallest absolute Gasteiger partial charge is 0.407 e. The molecule has 442 valence electrons. The lowest BCUT2D eigenvalue weighted by Gasteiger charge is -2.42. The number of hydrogen-bond donors (Lipinski definition) is 4. The molecule has 6 aliphatic rings. The van der Waals surface area contributed by atoms with Crippen molar-refractivity contribution in [1.82, 2.24) is 39.6 Å². The van der Waals surface area contributed by atoms with Crippen molar-refractivity contribution in [1.29, 1.82) is 0 Å². The molecule has 21 nitrogen and oxygen atoms in total. The van der Waals surface area contributed by atoms with Gasteiger partial charge < -0.3 is 54.6 Å². The van der Waals surface area contributed by atoms with Gasteiger partial charge >= 0.3 is 24.0 Å². The topological polar surface area (TPSA) is 267 Å². The molecule has 2 amide bonds. The summed E-state index contributed by atoms with van der Waals surface area (Å²) >= 11 is 0. The van der Waals surface area contributed by atoms with Crippen LogP contribution in [-0.4, -0.2) is 138 Å². The number of carbonyl (C=O) groups excluding carboxylic acids is 4. The Balaban J connectivity index is 0.700. The highest BCUT2D eigenvalue weighted by atomic mass is 19.1. The van der Waals surface area contributed by atoms with E-state index < -0.39 is 103 Å². The van der Waals surface area contributed by atoms with Crippen molar-refractivity contribution in [2.45, 2.75) is 94.6 Å². The molecule has 6 aliphatic heterocycles. The molecule has 5 N–H and O–H groups in total. The van der Waals surface area contributed by atoms with E-state index in [9.17, 15) is 43.0 Å². The number of nitrogens with zero attached hydrogens (tertiary/aromatic N) is 8. The van der Waals surface area contributed by atoms with Crippen molar-refractivity contribution in [2.75, 3.05) is 56.6 Å².